The highest BCUT2D eigenvalue weighted by Gasteiger charge is 2.28. The van der Waals surface area contributed by atoms with Crippen LogP contribution in [0.1, 0.15) is 40.0 Å². The number of ether oxygens (including phenoxy) is 2. The smallest absolute Gasteiger partial charge is 0.311 e. The van der Waals surface area contributed by atoms with Gasteiger partial charge in [0, 0.05) is 0 Å². The van der Waals surface area contributed by atoms with Crippen LogP contribution in [0.4, 0.5) is 0 Å². The molecule has 104 valence electrons. The van der Waals surface area contributed by atoms with E-state index in [1.165, 1.54) is 0 Å². The number of hydrogen-bond acceptors (Lipinski definition) is 4. The topological polar surface area (TPSA) is 55.8 Å². The van der Waals surface area contributed by atoms with Gasteiger partial charge in [-0.25, -0.2) is 0 Å². The molecule has 1 saturated heterocycles. The molecule has 1 aliphatic rings. The summed E-state index contributed by atoms with van der Waals surface area (Å²) in [5.74, 6) is -0.174. The lowest BCUT2D eigenvalue weighted by molar-refractivity contribution is -0.153. The molecule has 1 heterocycles. The molecule has 1 aliphatic heterocycles. The first kappa shape index (κ1) is 15.2. The van der Waals surface area contributed by atoms with Crippen LogP contribution in [0.15, 0.2) is 12.2 Å². The number of carbonyl (C=O) groups is 1. The maximum absolute atomic E-state index is 11.5. The predicted octanol–water partition coefficient (Wildman–Crippen LogP) is 2.06. The number of aliphatic hydroxyl groups excluding tert-OH is 1. The Morgan fingerprint density at radius 1 is 1.56 bits per heavy atom. The summed E-state index contributed by atoms with van der Waals surface area (Å²) in [6, 6.07) is 0. The van der Waals surface area contributed by atoms with Crippen molar-refractivity contribution in [2.45, 2.75) is 52.2 Å². The van der Waals surface area contributed by atoms with E-state index in [1.807, 2.05) is 20.8 Å². The molecule has 0 aliphatic carbocycles. The summed E-state index contributed by atoms with van der Waals surface area (Å²) in [7, 11) is 0. The second-order valence-electron chi connectivity index (χ2n) is 5.82. The Morgan fingerprint density at radius 2 is 2.22 bits per heavy atom. The van der Waals surface area contributed by atoms with Crippen molar-refractivity contribution in [3.8, 4) is 0 Å². The Morgan fingerprint density at radius 3 is 2.72 bits per heavy atom. The van der Waals surface area contributed by atoms with Gasteiger partial charge in [0.05, 0.1) is 24.7 Å². The average Bonchev–Trinajstić information content (AvgIpc) is 2.63. The summed E-state index contributed by atoms with van der Waals surface area (Å²) in [5.41, 5.74) is 0.509. The number of rotatable bonds is 5. The monoisotopic (exact) mass is 256 g/mol. The molecule has 0 aromatic carbocycles. The van der Waals surface area contributed by atoms with Crippen molar-refractivity contribution in [1.82, 2.24) is 0 Å². The van der Waals surface area contributed by atoms with Crippen LogP contribution >= 0.6 is 0 Å². The zero-order valence-electron chi connectivity index (χ0n) is 11.6. The first-order chi connectivity index (χ1) is 8.34. The van der Waals surface area contributed by atoms with Crippen LogP contribution in [-0.2, 0) is 14.3 Å². The second kappa shape index (κ2) is 6.34. The van der Waals surface area contributed by atoms with Crippen molar-refractivity contribution in [3.05, 3.63) is 12.2 Å². The van der Waals surface area contributed by atoms with Crippen LogP contribution in [0.5, 0.6) is 0 Å². The van der Waals surface area contributed by atoms with E-state index in [4.69, 9.17) is 14.6 Å². The summed E-state index contributed by atoms with van der Waals surface area (Å²) in [5, 5.41) is 9.03. The lowest BCUT2D eigenvalue weighted by atomic mass is 9.97. The van der Waals surface area contributed by atoms with Crippen molar-refractivity contribution in [2.75, 3.05) is 13.2 Å². The van der Waals surface area contributed by atoms with E-state index in [-0.39, 0.29) is 24.8 Å². The first-order valence-corrected chi connectivity index (χ1v) is 6.46. The van der Waals surface area contributed by atoms with E-state index in [9.17, 15) is 4.79 Å². The van der Waals surface area contributed by atoms with Gasteiger partial charge in [0.25, 0.3) is 0 Å². The molecule has 0 bridgehead atoms. The van der Waals surface area contributed by atoms with Gasteiger partial charge in [0.1, 0.15) is 6.10 Å². The number of aliphatic hydroxyl groups is 1. The summed E-state index contributed by atoms with van der Waals surface area (Å²) in [6.45, 7) is 9.81. The maximum Gasteiger partial charge on any atom is 0.311 e. The summed E-state index contributed by atoms with van der Waals surface area (Å²) < 4.78 is 10.8. The van der Waals surface area contributed by atoms with Crippen molar-refractivity contribution < 1.29 is 19.4 Å². The van der Waals surface area contributed by atoms with E-state index in [1.54, 1.807) is 0 Å². The van der Waals surface area contributed by atoms with Crippen LogP contribution < -0.4 is 0 Å². The molecule has 1 rings (SSSR count). The van der Waals surface area contributed by atoms with Crippen LogP contribution in [-0.4, -0.2) is 36.5 Å². The van der Waals surface area contributed by atoms with Gasteiger partial charge in [0.15, 0.2) is 0 Å². The fourth-order valence-corrected chi connectivity index (χ4v) is 1.84. The average molecular weight is 256 g/mol. The van der Waals surface area contributed by atoms with Crippen molar-refractivity contribution >= 4 is 5.97 Å². The van der Waals surface area contributed by atoms with Crippen molar-refractivity contribution in [1.29, 1.82) is 0 Å². The largest absolute Gasteiger partial charge is 0.465 e. The van der Waals surface area contributed by atoms with Gasteiger partial charge in [-0.3, -0.25) is 4.79 Å². The predicted molar refractivity (Wildman–Crippen MR) is 69.2 cm³/mol. The van der Waals surface area contributed by atoms with E-state index in [2.05, 4.69) is 6.58 Å². The zero-order valence-corrected chi connectivity index (χ0v) is 11.6. The van der Waals surface area contributed by atoms with Gasteiger partial charge in [-0.2, -0.15) is 0 Å². The van der Waals surface area contributed by atoms with Crippen LogP contribution in [0, 0.1) is 5.41 Å². The molecule has 0 unspecified atom stereocenters. The third-order valence-corrected chi connectivity index (χ3v) is 2.98. The lowest BCUT2D eigenvalue weighted by Gasteiger charge is -2.17. The molecule has 18 heavy (non-hydrogen) atoms. The van der Waals surface area contributed by atoms with Crippen molar-refractivity contribution in [2.24, 2.45) is 5.41 Å². The molecule has 1 fully saturated rings. The van der Waals surface area contributed by atoms with Crippen molar-refractivity contribution in [3.63, 3.8) is 0 Å². The fraction of sp³-hybridized carbons (Fsp3) is 0.786. The van der Waals surface area contributed by atoms with E-state index in [0.29, 0.717) is 6.61 Å². The minimum absolute atomic E-state index is 0.00561. The van der Waals surface area contributed by atoms with Crippen LogP contribution in [0.25, 0.3) is 0 Å². The molecule has 0 saturated carbocycles. The van der Waals surface area contributed by atoms with Gasteiger partial charge < -0.3 is 14.6 Å². The Kier molecular flexibility index (Phi) is 5.35. The fourth-order valence-electron chi connectivity index (χ4n) is 1.84. The lowest BCUT2D eigenvalue weighted by Crippen LogP contribution is -2.23. The molecule has 0 spiro atoms. The SMILES string of the molecule is C=C1C[C@H](CCCOC(=O)C(C)(C)C)O[C@H]1CO. The third-order valence-electron chi connectivity index (χ3n) is 2.98. The molecule has 0 radical (unpaired) electrons. The number of hydrogen-bond donors (Lipinski definition) is 1. The molecule has 0 amide bonds. The van der Waals surface area contributed by atoms with Gasteiger partial charge in [-0.1, -0.05) is 6.58 Å². The molecule has 1 N–H and O–H groups in total. The standard InChI is InChI=1S/C14H24O4/c1-10-8-11(18-12(10)9-15)6-5-7-17-13(16)14(2,3)4/h11-12,15H,1,5-9H2,2-4H3/t11-,12-/m0/s1. The van der Waals surface area contributed by atoms with E-state index < -0.39 is 5.41 Å². The summed E-state index contributed by atoms with van der Waals surface area (Å²) >= 11 is 0. The maximum atomic E-state index is 11.5. The Labute approximate surface area is 109 Å². The van der Waals surface area contributed by atoms with E-state index in [0.717, 1.165) is 24.8 Å². The summed E-state index contributed by atoms with van der Waals surface area (Å²) in [6.07, 6.45) is 2.28. The van der Waals surface area contributed by atoms with Gasteiger partial charge in [-0.15, -0.1) is 0 Å². The highest BCUT2D eigenvalue weighted by molar-refractivity contribution is 5.75. The Balaban J connectivity index is 2.16. The molecule has 0 aromatic rings. The highest BCUT2D eigenvalue weighted by Crippen LogP contribution is 2.26. The second-order valence-corrected chi connectivity index (χ2v) is 5.82. The molecule has 4 nitrogen and oxygen atoms in total. The molecule has 0 aromatic heterocycles. The summed E-state index contributed by atoms with van der Waals surface area (Å²) in [4.78, 5) is 11.5. The van der Waals surface area contributed by atoms with Crippen LogP contribution in [0.2, 0.25) is 0 Å². The van der Waals surface area contributed by atoms with Crippen LogP contribution in [0.3, 0.4) is 0 Å². The Hall–Kier alpha value is -0.870. The van der Waals surface area contributed by atoms with E-state index >= 15 is 0 Å². The highest BCUT2D eigenvalue weighted by atomic mass is 16.5. The van der Waals surface area contributed by atoms with Gasteiger partial charge >= 0.3 is 5.97 Å². The minimum atomic E-state index is -0.444. The molecule has 2 atom stereocenters. The number of carbonyl (C=O) groups excluding carboxylic acids is 1. The Bertz CT molecular complexity index is 303. The molecular formula is C14H24O4. The quantitative estimate of drug-likeness (QED) is 0.465. The molecule has 4 heteroatoms. The minimum Gasteiger partial charge on any atom is -0.465 e. The first-order valence-electron chi connectivity index (χ1n) is 6.46. The normalized spacial score (nSPS) is 24.3. The number of esters is 1. The zero-order chi connectivity index (χ0) is 13.8. The van der Waals surface area contributed by atoms with Gasteiger partial charge in [0.2, 0.25) is 0 Å². The molecular weight excluding hydrogens is 232 g/mol. The third kappa shape index (κ3) is 4.42. The van der Waals surface area contributed by atoms with Gasteiger partial charge in [-0.05, 0) is 45.6 Å².